The second-order valence-corrected chi connectivity index (χ2v) is 5.04. The van der Waals surface area contributed by atoms with Gasteiger partial charge in [0.05, 0.1) is 6.04 Å². The Morgan fingerprint density at radius 1 is 1.56 bits per heavy atom. The fourth-order valence-corrected chi connectivity index (χ4v) is 2.41. The van der Waals surface area contributed by atoms with Crippen molar-refractivity contribution in [3.05, 3.63) is 22.4 Å². The van der Waals surface area contributed by atoms with E-state index in [2.05, 4.69) is 5.32 Å². The second kappa shape index (κ2) is 7.00. The van der Waals surface area contributed by atoms with Crippen LogP contribution < -0.4 is 5.32 Å². The molecule has 0 aliphatic rings. The first kappa shape index (κ1) is 14.5. The third kappa shape index (κ3) is 4.37. The Hall–Kier alpha value is -1.56. The summed E-state index contributed by atoms with van der Waals surface area (Å²) in [6.07, 6.45) is 1.79. The molecule has 0 aliphatic carbocycles. The summed E-state index contributed by atoms with van der Waals surface area (Å²) in [6, 6.07) is 3.51. The molecule has 1 unspecified atom stereocenters. The molecular weight excluding hydrogens is 252 g/mol. The van der Waals surface area contributed by atoms with E-state index >= 15 is 0 Å². The van der Waals surface area contributed by atoms with Crippen LogP contribution in [-0.2, 0) is 4.79 Å². The Morgan fingerprint density at radius 2 is 2.28 bits per heavy atom. The first-order valence-electron chi connectivity index (χ1n) is 5.81. The maximum absolute atomic E-state index is 11.8. The predicted octanol–water partition coefficient (Wildman–Crippen LogP) is 2.32. The van der Waals surface area contributed by atoms with Gasteiger partial charge in [-0.15, -0.1) is 11.3 Å². The zero-order valence-electron chi connectivity index (χ0n) is 10.5. The van der Waals surface area contributed by atoms with Crippen molar-refractivity contribution >= 4 is 23.3 Å². The third-order valence-corrected chi connectivity index (χ3v) is 3.47. The Balaban J connectivity index is 2.61. The molecule has 0 saturated heterocycles. The van der Waals surface area contributed by atoms with Gasteiger partial charge >= 0.3 is 12.0 Å². The van der Waals surface area contributed by atoms with Gasteiger partial charge in [-0.05, 0) is 17.9 Å². The zero-order valence-corrected chi connectivity index (χ0v) is 11.4. The van der Waals surface area contributed by atoms with E-state index in [1.54, 1.807) is 11.3 Å². The maximum Gasteiger partial charge on any atom is 0.323 e. The third-order valence-electron chi connectivity index (χ3n) is 2.48. The molecule has 5 nitrogen and oxygen atoms in total. The fraction of sp³-hybridized carbons (Fsp3) is 0.500. The van der Waals surface area contributed by atoms with Gasteiger partial charge in [-0.1, -0.05) is 19.4 Å². The lowest BCUT2D eigenvalue weighted by atomic mass is 10.1. The highest BCUT2D eigenvalue weighted by atomic mass is 32.1. The molecule has 1 aromatic heterocycles. The van der Waals surface area contributed by atoms with Crippen LogP contribution in [0.5, 0.6) is 0 Å². The number of urea groups is 1. The molecule has 0 fully saturated rings. The minimum atomic E-state index is -1.02. The van der Waals surface area contributed by atoms with Crippen molar-refractivity contribution in [2.75, 3.05) is 13.6 Å². The molecule has 1 atom stereocenters. The summed E-state index contributed by atoms with van der Waals surface area (Å²) in [5.74, 6) is -1.02. The van der Waals surface area contributed by atoms with Crippen molar-refractivity contribution in [3.8, 4) is 0 Å². The smallest absolute Gasteiger partial charge is 0.323 e. The molecule has 0 saturated carbocycles. The van der Waals surface area contributed by atoms with Crippen LogP contribution in [-0.4, -0.2) is 35.6 Å². The molecule has 6 heteroatoms. The molecule has 1 aromatic rings. The molecule has 0 aliphatic heterocycles. The Bertz CT molecular complexity index is 392. The summed E-state index contributed by atoms with van der Waals surface area (Å²) < 4.78 is 0. The summed E-state index contributed by atoms with van der Waals surface area (Å²) in [7, 11) is 1.47. The minimum absolute atomic E-state index is 0.0428. The van der Waals surface area contributed by atoms with Gasteiger partial charge in [-0.25, -0.2) is 4.79 Å². The van der Waals surface area contributed by atoms with E-state index < -0.39 is 5.97 Å². The molecule has 2 amide bonds. The number of carbonyl (C=O) groups is 2. The minimum Gasteiger partial charge on any atom is -0.480 e. The first-order valence-corrected chi connectivity index (χ1v) is 6.69. The van der Waals surface area contributed by atoms with Crippen LogP contribution in [0.2, 0.25) is 0 Å². The number of aliphatic carboxylic acids is 1. The van der Waals surface area contributed by atoms with Gasteiger partial charge < -0.3 is 15.3 Å². The normalized spacial score (nSPS) is 11.9. The highest BCUT2D eigenvalue weighted by molar-refractivity contribution is 7.10. The molecule has 2 N–H and O–H groups in total. The number of carboxylic acids is 1. The van der Waals surface area contributed by atoms with Crippen molar-refractivity contribution in [3.63, 3.8) is 0 Å². The number of likely N-dealkylation sites (N-methyl/N-ethyl adjacent to an activating group) is 1. The number of thiophene rings is 1. The van der Waals surface area contributed by atoms with E-state index in [0.29, 0.717) is 0 Å². The monoisotopic (exact) mass is 270 g/mol. The summed E-state index contributed by atoms with van der Waals surface area (Å²) in [6.45, 7) is 1.75. The van der Waals surface area contributed by atoms with Crippen LogP contribution in [0.15, 0.2) is 17.5 Å². The van der Waals surface area contributed by atoms with Gasteiger partial charge in [0.2, 0.25) is 0 Å². The molecular formula is C12H18N2O3S. The number of nitrogens with zero attached hydrogens (tertiary/aromatic N) is 1. The van der Waals surface area contributed by atoms with Gasteiger partial charge in [0, 0.05) is 11.9 Å². The number of amides is 2. The van der Waals surface area contributed by atoms with E-state index in [-0.39, 0.29) is 18.6 Å². The van der Waals surface area contributed by atoms with Crippen LogP contribution in [0, 0.1) is 0 Å². The van der Waals surface area contributed by atoms with E-state index in [4.69, 9.17) is 5.11 Å². The first-order chi connectivity index (χ1) is 8.54. The lowest BCUT2D eigenvalue weighted by Crippen LogP contribution is -2.41. The Kier molecular flexibility index (Phi) is 5.64. The van der Waals surface area contributed by atoms with Gasteiger partial charge in [-0.2, -0.15) is 0 Å². The van der Waals surface area contributed by atoms with Crippen LogP contribution >= 0.6 is 11.3 Å². The molecule has 0 spiro atoms. The van der Waals surface area contributed by atoms with Crippen molar-refractivity contribution in [2.24, 2.45) is 0 Å². The Morgan fingerprint density at radius 3 is 2.78 bits per heavy atom. The zero-order chi connectivity index (χ0) is 13.5. The molecule has 1 rings (SSSR count). The van der Waals surface area contributed by atoms with Gasteiger partial charge in [0.15, 0.2) is 0 Å². The summed E-state index contributed by atoms with van der Waals surface area (Å²) in [5.41, 5.74) is 0. The van der Waals surface area contributed by atoms with Gasteiger partial charge in [0.1, 0.15) is 6.54 Å². The number of hydrogen-bond donors (Lipinski definition) is 2. The van der Waals surface area contributed by atoms with E-state index in [1.807, 2.05) is 24.4 Å². The van der Waals surface area contributed by atoms with Crippen molar-refractivity contribution < 1.29 is 14.7 Å². The number of rotatable bonds is 6. The molecule has 18 heavy (non-hydrogen) atoms. The second-order valence-electron chi connectivity index (χ2n) is 4.06. The quantitative estimate of drug-likeness (QED) is 0.833. The summed E-state index contributed by atoms with van der Waals surface area (Å²) in [5, 5.41) is 13.5. The predicted molar refractivity (Wildman–Crippen MR) is 70.8 cm³/mol. The fourth-order valence-electron chi connectivity index (χ4n) is 1.60. The lowest BCUT2D eigenvalue weighted by Gasteiger charge is -2.21. The van der Waals surface area contributed by atoms with Crippen molar-refractivity contribution in [1.29, 1.82) is 0 Å². The van der Waals surface area contributed by atoms with Crippen LogP contribution in [0.3, 0.4) is 0 Å². The van der Waals surface area contributed by atoms with Crippen LogP contribution in [0.1, 0.15) is 30.7 Å². The van der Waals surface area contributed by atoms with E-state index in [9.17, 15) is 9.59 Å². The Labute approximate surface area is 110 Å². The molecule has 1 heterocycles. The van der Waals surface area contributed by atoms with Gasteiger partial charge in [0.25, 0.3) is 0 Å². The van der Waals surface area contributed by atoms with Crippen LogP contribution in [0.25, 0.3) is 0 Å². The topological polar surface area (TPSA) is 69.6 Å². The average Bonchev–Trinajstić information content (AvgIpc) is 2.80. The largest absolute Gasteiger partial charge is 0.480 e. The number of carbonyl (C=O) groups excluding carboxylic acids is 1. The number of nitrogens with one attached hydrogen (secondary N) is 1. The molecule has 0 aromatic carbocycles. The maximum atomic E-state index is 11.8. The molecule has 0 bridgehead atoms. The summed E-state index contributed by atoms with van der Waals surface area (Å²) >= 11 is 1.59. The average molecular weight is 270 g/mol. The van der Waals surface area contributed by atoms with E-state index in [0.717, 1.165) is 17.7 Å². The van der Waals surface area contributed by atoms with E-state index in [1.165, 1.54) is 11.9 Å². The highest BCUT2D eigenvalue weighted by Crippen LogP contribution is 2.23. The van der Waals surface area contributed by atoms with Gasteiger partial charge in [-0.3, -0.25) is 4.79 Å². The van der Waals surface area contributed by atoms with Crippen LogP contribution in [0.4, 0.5) is 4.79 Å². The van der Waals surface area contributed by atoms with Crippen molar-refractivity contribution in [2.45, 2.75) is 25.8 Å². The number of hydrogen-bond acceptors (Lipinski definition) is 3. The molecule has 0 radical (unpaired) electrons. The highest BCUT2D eigenvalue weighted by Gasteiger charge is 2.18. The summed E-state index contributed by atoms with van der Waals surface area (Å²) in [4.78, 5) is 24.6. The SMILES string of the molecule is CCCC(NC(=O)N(C)CC(=O)O)c1cccs1. The standard InChI is InChI=1S/C12H18N2O3S/c1-3-5-9(10-6-4-7-18-10)13-12(17)14(2)8-11(15)16/h4,6-7,9H,3,5,8H2,1-2H3,(H,13,17)(H,15,16). The number of carboxylic acid groups (broad SMARTS) is 1. The van der Waals surface area contributed by atoms with Crippen molar-refractivity contribution in [1.82, 2.24) is 10.2 Å². The lowest BCUT2D eigenvalue weighted by molar-refractivity contribution is -0.137. The molecule has 100 valence electrons.